The number of halogens is 3. The van der Waals surface area contributed by atoms with E-state index < -0.39 is 10.0 Å². The molecule has 0 unspecified atom stereocenters. The van der Waals surface area contributed by atoms with E-state index in [1.54, 1.807) is 18.2 Å². The molecule has 1 aromatic rings. The molecule has 0 atom stereocenters. The average molecular weight is 418 g/mol. The molecule has 0 aliphatic carbocycles. The molecular weight excluding hydrogens is 399 g/mol. The van der Waals surface area contributed by atoms with Crippen molar-refractivity contribution in [1.82, 2.24) is 10.0 Å². The van der Waals surface area contributed by atoms with E-state index in [2.05, 4.69) is 32.9 Å². The normalized spacial score (nSPS) is 18.0. The van der Waals surface area contributed by atoms with E-state index in [1.807, 2.05) is 0 Å². The average Bonchev–Trinajstić information content (AvgIpc) is 2.41. The van der Waals surface area contributed by atoms with E-state index in [4.69, 9.17) is 11.6 Å². The lowest BCUT2D eigenvalue weighted by Crippen LogP contribution is -2.42. The van der Waals surface area contributed by atoms with Crippen LogP contribution in [0.25, 0.3) is 0 Å². The van der Waals surface area contributed by atoms with Crippen molar-refractivity contribution in [1.29, 1.82) is 0 Å². The summed E-state index contributed by atoms with van der Waals surface area (Å²) in [5.74, 6) is 0. The van der Waals surface area contributed by atoms with Gasteiger partial charge in [0.05, 0.1) is 14.4 Å². The number of rotatable bonds is 4. The van der Waals surface area contributed by atoms with Crippen LogP contribution in [0.5, 0.6) is 0 Å². The second kappa shape index (κ2) is 7.62. The van der Waals surface area contributed by atoms with Crippen LogP contribution in [0.4, 0.5) is 0 Å². The predicted molar refractivity (Wildman–Crippen MR) is 91.8 cm³/mol. The third-order valence-corrected chi connectivity index (χ3v) is 6.81. The lowest BCUT2D eigenvalue weighted by molar-refractivity contribution is 0.232. The van der Waals surface area contributed by atoms with E-state index in [-0.39, 0.29) is 22.7 Å². The fourth-order valence-electron chi connectivity index (χ4n) is 2.25. The van der Waals surface area contributed by atoms with Crippen molar-refractivity contribution in [3.8, 4) is 0 Å². The number of benzene rings is 1. The fourth-order valence-corrected chi connectivity index (χ4v) is 4.68. The minimum atomic E-state index is -3.55. The zero-order valence-electron chi connectivity index (χ0n) is 11.7. The summed E-state index contributed by atoms with van der Waals surface area (Å²) in [6.07, 6.45) is 1.93. The van der Waals surface area contributed by atoms with Crippen molar-refractivity contribution in [3.63, 3.8) is 0 Å². The van der Waals surface area contributed by atoms with Crippen LogP contribution in [0.1, 0.15) is 19.8 Å². The Morgan fingerprint density at radius 3 is 2.62 bits per heavy atom. The molecule has 1 heterocycles. The molecule has 8 heteroatoms. The van der Waals surface area contributed by atoms with Gasteiger partial charge in [0.25, 0.3) is 0 Å². The van der Waals surface area contributed by atoms with Crippen molar-refractivity contribution in [2.45, 2.75) is 24.7 Å². The van der Waals surface area contributed by atoms with E-state index in [1.165, 1.54) is 0 Å². The number of sulfonamides is 1. The highest BCUT2D eigenvalue weighted by Crippen LogP contribution is 2.31. The molecule has 1 aliphatic heterocycles. The van der Waals surface area contributed by atoms with Gasteiger partial charge in [-0.2, -0.15) is 0 Å². The highest BCUT2D eigenvalue weighted by atomic mass is 79.9. The van der Waals surface area contributed by atoms with E-state index in [9.17, 15) is 8.42 Å². The maximum Gasteiger partial charge on any atom is 0.241 e. The first-order valence-corrected chi connectivity index (χ1v) is 9.14. The van der Waals surface area contributed by atoms with E-state index in [0.29, 0.717) is 16.0 Å². The van der Waals surface area contributed by atoms with Crippen LogP contribution in [-0.4, -0.2) is 28.1 Å². The minimum absolute atomic E-state index is 0. The Morgan fingerprint density at radius 1 is 1.38 bits per heavy atom. The van der Waals surface area contributed by atoms with Gasteiger partial charge in [-0.3, -0.25) is 0 Å². The first kappa shape index (κ1) is 19.2. The molecule has 0 bridgehead atoms. The third-order valence-electron chi connectivity index (χ3n) is 3.71. The first-order chi connectivity index (χ1) is 9.34. The Balaban J connectivity index is 0.00000220. The third kappa shape index (κ3) is 4.81. The summed E-state index contributed by atoms with van der Waals surface area (Å²) in [6.45, 7) is 4.41. The highest BCUT2D eigenvalue weighted by molar-refractivity contribution is 9.10. The van der Waals surface area contributed by atoms with Gasteiger partial charge in [-0.05, 0) is 59.4 Å². The largest absolute Gasteiger partial charge is 0.317 e. The predicted octanol–water partition coefficient (Wildman–Crippen LogP) is 3.19. The number of piperidine rings is 1. The van der Waals surface area contributed by atoms with Crippen molar-refractivity contribution in [2.75, 3.05) is 19.6 Å². The number of hydrogen-bond acceptors (Lipinski definition) is 3. The van der Waals surface area contributed by atoms with Gasteiger partial charge in [0.2, 0.25) is 10.0 Å². The van der Waals surface area contributed by atoms with Crippen LogP contribution < -0.4 is 10.0 Å². The van der Waals surface area contributed by atoms with Gasteiger partial charge in [-0.25, -0.2) is 13.1 Å². The van der Waals surface area contributed by atoms with E-state index in [0.717, 1.165) is 25.9 Å². The highest BCUT2D eigenvalue weighted by Gasteiger charge is 2.29. The number of nitrogens with one attached hydrogen (secondary N) is 2. The maximum absolute atomic E-state index is 12.4. The summed E-state index contributed by atoms with van der Waals surface area (Å²) in [7, 11) is -3.55. The van der Waals surface area contributed by atoms with Crippen molar-refractivity contribution in [2.24, 2.45) is 5.41 Å². The molecule has 4 nitrogen and oxygen atoms in total. The standard InChI is InChI=1S/C13H18BrClN2O2S.ClH/c1-13(5-7-16-8-6-13)9-17-20(18,19)11-4-2-3-10(15)12(11)14;/h2-4,16-17H,5-9H2,1H3;1H. The minimum Gasteiger partial charge on any atom is -0.317 e. The smallest absolute Gasteiger partial charge is 0.241 e. The summed E-state index contributed by atoms with van der Waals surface area (Å²) < 4.78 is 27.9. The maximum atomic E-state index is 12.4. The molecule has 120 valence electrons. The van der Waals surface area contributed by atoms with Crippen LogP contribution in [0, 0.1) is 5.41 Å². The molecule has 0 aromatic heterocycles. The van der Waals surface area contributed by atoms with Gasteiger partial charge in [0, 0.05) is 6.54 Å². The second-order valence-electron chi connectivity index (χ2n) is 5.44. The molecule has 0 radical (unpaired) electrons. The van der Waals surface area contributed by atoms with Gasteiger partial charge in [0.15, 0.2) is 0 Å². The van der Waals surface area contributed by atoms with Crippen molar-refractivity contribution < 1.29 is 8.42 Å². The lowest BCUT2D eigenvalue weighted by atomic mass is 9.81. The van der Waals surface area contributed by atoms with Gasteiger partial charge in [-0.1, -0.05) is 24.6 Å². The summed E-state index contributed by atoms with van der Waals surface area (Å²) in [4.78, 5) is 0.183. The topological polar surface area (TPSA) is 58.2 Å². The van der Waals surface area contributed by atoms with E-state index >= 15 is 0 Å². The first-order valence-electron chi connectivity index (χ1n) is 6.48. The van der Waals surface area contributed by atoms with Crippen LogP contribution in [0.3, 0.4) is 0 Å². The Kier molecular flexibility index (Phi) is 6.96. The van der Waals surface area contributed by atoms with Crippen molar-refractivity contribution in [3.05, 3.63) is 27.7 Å². The van der Waals surface area contributed by atoms with Crippen LogP contribution >= 0.6 is 39.9 Å². The zero-order chi connectivity index (χ0) is 14.8. The quantitative estimate of drug-likeness (QED) is 0.790. The molecular formula is C13H19BrCl2N2O2S. The molecule has 1 fully saturated rings. The summed E-state index contributed by atoms with van der Waals surface area (Å²) >= 11 is 9.18. The van der Waals surface area contributed by atoms with Gasteiger partial charge >= 0.3 is 0 Å². The summed E-state index contributed by atoms with van der Waals surface area (Å²) in [5.41, 5.74) is 0.00334. The fraction of sp³-hybridized carbons (Fsp3) is 0.538. The van der Waals surface area contributed by atoms with Crippen LogP contribution in [-0.2, 0) is 10.0 Å². The molecule has 2 rings (SSSR count). The molecule has 0 amide bonds. The molecule has 0 saturated carbocycles. The molecule has 1 aromatic carbocycles. The monoisotopic (exact) mass is 416 g/mol. The molecule has 21 heavy (non-hydrogen) atoms. The summed E-state index contributed by atoms with van der Waals surface area (Å²) in [6, 6.07) is 4.83. The lowest BCUT2D eigenvalue weighted by Gasteiger charge is -2.34. The number of hydrogen-bond donors (Lipinski definition) is 2. The second-order valence-corrected chi connectivity index (χ2v) is 8.37. The van der Waals surface area contributed by atoms with Crippen molar-refractivity contribution >= 4 is 50.0 Å². The van der Waals surface area contributed by atoms with Gasteiger partial charge in [0.1, 0.15) is 0 Å². The van der Waals surface area contributed by atoms with Crippen LogP contribution in [0.15, 0.2) is 27.6 Å². The molecule has 0 spiro atoms. The molecule has 1 saturated heterocycles. The Bertz CT molecular complexity index is 590. The Labute approximate surface area is 145 Å². The Hall–Kier alpha value is 0.150. The Morgan fingerprint density at radius 2 is 2.00 bits per heavy atom. The molecule has 1 aliphatic rings. The zero-order valence-corrected chi connectivity index (χ0v) is 15.6. The SMILES string of the molecule is CC1(CNS(=O)(=O)c2cccc(Cl)c2Br)CCNCC1.Cl. The van der Waals surface area contributed by atoms with Gasteiger partial charge in [-0.15, -0.1) is 12.4 Å². The van der Waals surface area contributed by atoms with Crippen LogP contribution in [0.2, 0.25) is 5.02 Å². The summed E-state index contributed by atoms with van der Waals surface area (Å²) in [5, 5.41) is 3.67. The van der Waals surface area contributed by atoms with Gasteiger partial charge < -0.3 is 5.32 Å². The molecule has 2 N–H and O–H groups in total.